The summed E-state index contributed by atoms with van der Waals surface area (Å²) in [7, 11) is 6.69. The van der Waals surface area contributed by atoms with E-state index in [0.29, 0.717) is 11.5 Å². The fourth-order valence-corrected chi connectivity index (χ4v) is 2.00. The van der Waals surface area contributed by atoms with Gasteiger partial charge in [0.2, 0.25) is 0 Å². The minimum Gasteiger partial charge on any atom is -0.496 e. The number of benzene rings is 1. The fraction of sp³-hybridized carbons (Fsp3) is 0.538. The molecular weight excluding hydrogens is 232 g/mol. The number of rotatable bonds is 6. The van der Waals surface area contributed by atoms with E-state index in [9.17, 15) is 0 Å². The molecule has 2 atom stereocenters. The Morgan fingerprint density at radius 2 is 1.50 bits per heavy atom. The molecule has 0 aromatic heterocycles. The van der Waals surface area contributed by atoms with Crippen LogP contribution in [-0.4, -0.2) is 34.4 Å². The van der Waals surface area contributed by atoms with E-state index >= 15 is 0 Å². The summed E-state index contributed by atoms with van der Waals surface area (Å²) in [6.45, 7) is 1.94. The molecule has 0 heterocycles. The average Bonchev–Trinajstić information content (AvgIpc) is 2.38. The van der Waals surface area contributed by atoms with E-state index in [1.54, 1.807) is 27.4 Å². The monoisotopic (exact) mass is 254 g/mol. The fourth-order valence-electron chi connectivity index (χ4n) is 2.00. The molecule has 1 aromatic rings. The number of nitrogens with one attached hydrogen (secondary N) is 1. The molecule has 2 unspecified atom stereocenters. The van der Waals surface area contributed by atoms with Crippen LogP contribution in [0, 0.1) is 0 Å². The molecule has 18 heavy (non-hydrogen) atoms. The number of hydrogen-bond donors (Lipinski definition) is 2. The van der Waals surface area contributed by atoms with Gasteiger partial charge in [-0.15, -0.1) is 0 Å². The lowest BCUT2D eigenvalue weighted by molar-refractivity contribution is 0.344. The van der Waals surface area contributed by atoms with Crippen LogP contribution in [0.2, 0.25) is 0 Å². The van der Waals surface area contributed by atoms with Gasteiger partial charge in [-0.3, -0.25) is 0 Å². The number of hydrogen-bond acceptors (Lipinski definition) is 5. The Kier molecular flexibility index (Phi) is 5.25. The predicted molar refractivity (Wildman–Crippen MR) is 71.5 cm³/mol. The van der Waals surface area contributed by atoms with Crippen molar-refractivity contribution in [2.24, 2.45) is 5.73 Å². The Morgan fingerprint density at radius 3 is 1.89 bits per heavy atom. The maximum Gasteiger partial charge on any atom is 0.164 e. The highest BCUT2D eigenvalue weighted by atomic mass is 16.5. The van der Waals surface area contributed by atoms with Gasteiger partial charge in [0.15, 0.2) is 11.5 Å². The minimum atomic E-state index is -0.0537. The van der Waals surface area contributed by atoms with E-state index in [1.165, 1.54) is 0 Å². The third kappa shape index (κ3) is 2.86. The summed E-state index contributed by atoms with van der Waals surface area (Å²) in [5.74, 6) is 2.02. The lowest BCUT2D eigenvalue weighted by Gasteiger charge is -2.24. The van der Waals surface area contributed by atoms with Crippen LogP contribution in [0.25, 0.3) is 0 Å². The molecule has 5 nitrogen and oxygen atoms in total. The zero-order chi connectivity index (χ0) is 13.7. The first-order valence-electron chi connectivity index (χ1n) is 5.81. The van der Waals surface area contributed by atoms with Crippen LogP contribution in [0.15, 0.2) is 12.1 Å². The Morgan fingerprint density at radius 1 is 1.00 bits per heavy atom. The lowest BCUT2D eigenvalue weighted by Crippen LogP contribution is -2.34. The standard InChI is InChI=1S/C13H22N2O3/c1-8(14)13(15-2)9-6-11(17-4)12(18-5)7-10(9)16-3/h6-8,13,15H,14H2,1-5H3. The molecule has 0 saturated carbocycles. The second-order valence-corrected chi connectivity index (χ2v) is 4.07. The molecule has 0 fully saturated rings. The van der Waals surface area contributed by atoms with Gasteiger partial charge < -0.3 is 25.3 Å². The number of methoxy groups -OCH3 is 3. The van der Waals surface area contributed by atoms with E-state index in [2.05, 4.69) is 5.32 Å². The highest BCUT2D eigenvalue weighted by Gasteiger charge is 2.21. The number of likely N-dealkylation sites (N-methyl/N-ethyl adjacent to an activating group) is 1. The SMILES string of the molecule is CNC(c1cc(OC)c(OC)cc1OC)C(C)N. The summed E-state index contributed by atoms with van der Waals surface area (Å²) in [6, 6.07) is 3.63. The highest BCUT2D eigenvalue weighted by Crippen LogP contribution is 2.37. The van der Waals surface area contributed by atoms with Crippen LogP contribution in [0.1, 0.15) is 18.5 Å². The summed E-state index contributed by atoms with van der Waals surface area (Å²) < 4.78 is 15.9. The molecule has 0 aliphatic carbocycles. The van der Waals surface area contributed by atoms with Crippen molar-refractivity contribution >= 4 is 0 Å². The molecule has 1 aromatic carbocycles. The van der Waals surface area contributed by atoms with Crippen LogP contribution >= 0.6 is 0 Å². The summed E-state index contributed by atoms with van der Waals surface area (Å²) >= 11 is 0. The highest BCUT2D eigenvalue weighted by molar-refractivity contribution is 5.52. The van der Waals surface area contributed by atoms with Crippen LogP contribution in [-0.2, 0) is 0 Å². The maximum absolute atomic E-state index is 5.97. The number of nitrogens with two attached hydrogens (primary N) is 1. The van der Waals surface area contributed by atoms with Crippen molar-refractivity contribution in [1.82, 2.24) is 5.32 Å². The molecule has 0 amide bonds. The van der Waals surface area contributed by atoms with Gasteiger partial charge >= 0.3 is 0 Å². The van der Waals surface area contributed by atoms with Crippen LogP contribution < -0.4 is 25.3 Å². The van der Waals surface area contributed by atoms with Crippen molar-refractivity contribution in [2.45, 2.75) is 19.0 Å². The molecule has 0 aliphatic rings. The first-order chi connectivity index (χ1) is 8.58. The van der Waals surface area contributed by atoms with E-state index in [-0.39, 0.29) is 12.1 Å². The van der Waals surface area contributed by atoms with E-state index in [0.717, 1.165) is 11.3 Å². The molecule has 5 heteroatoms. The van der Waals surface area contributed by atoms with Crippen molar-refractivity contribution in [3.8, 4) is 17.2 Å². The van der Waals surface area contributed by atoms with E-state index in [1.807, 2.05) is 20.0 Å². The summed E-state index contributed by atoms with van der Waals surface area (Å²) in [6.07, 6.45) is 0. The summed E-state index contributed by atoms with van der Waals surface area (Å²) in [5, 5.41) is 3.18. The second-order valence-electron chi connectivity index (χ2n) is 4.07. The topological polar surface area (TPSA) is 65.7 Å². The smallest absolute Gasteiger partial charge is 0.164 e. The van der Waals surface area contributed by atoms with Gasteiger partial charge in [0.05, 0.1) is 27.4 Å². The molecule has 1 rings (SSSR count). The van der Waals surface area contributed by atoms with Gasteiger partial charge in [-0.2, -0.15) is 0 Å². The zero-order valence-electron chi connectivity index (χ0n) is 11.6. The van der Waals surface area contributed by atoms with Gasteiger partial charge in [-0.25, -0.2) is 0 Å². The Labute approximate surface area is 108 Å². The predicted octanol–water partition coefficient (Wildman–Crippen LogP) is 1.32. The third-order valence-electron chi connectivity index (χ3n) is 2.91. The largest absolute Gasteiger partial charge is 0.496 e. The lowest BCUT2D eigenvalue weighted by atomic mass is 9.99. The molecule has 0 saturated heterocycles. The van der Waals surface area contributed by atoms with Crippen molar-refractivity contribution in [2.75, 3.05) is 28.4 Å². The molecule has 102 valence electrons. The Bertz CT molecular complexity index is 394. The minimum absolute atomic E-state index is 0.0141. The number of ether oxygens (including phenoxy) is 3. The average molecular weight is 254 g/mol. The van der Waals surface area contributed by atoms with Crippen molar-refractivity contribution in [3.63, 3.8) is 0 Å². The molecule has 0 bridgehead atoms. The van der Waals surface area contributed by atoms with Crippen LogP contribution in [0.3, 0.4) is 0 Å². The van der Waals surface area contributed by atoms with E-state index in [4.69, 9.17) is 19.9 Å². The van der Waals surface area contributed by atoms with E-state index < -0.39 is 0 Å². The van der Waals surface area contributed by atoms with Gasteiger partial charge in [-0.1, -0.05) is 0 Å². The Hall–Kier alpha value is -1.46. The molecule has 0 radical (unpaired) electrons. The van der Waals surface area contributed by atoms with Gasteiger partial charge in [-0.05, 0) is 20.0 Å². The van der Waals surface area contributed by atoms with Crippen LogP contribution in [0.4, 0.5) is 0 Å². The quantitative estimate of drug-likeness (QED) is 0.801. The van der Waals surface area contributed by atoms with Gasteiger partial charge in [0.1, 0.15) is 5.75 Å². The van der Waals surface area contributed by atoms with Crippen molar-refractivity contribution in [3.05, 3.63) is 17.7 Å². The van der Waals surface area contributed by atoms with Crippen molar-refractivity contribution in [1.29, 1.82) is 0 Å². The van der Waals surface area contributed by atoms with Gasteiger partial charge in [0, 0.05) is 17.7 Å². The maximum atomic E-state index is 5.97. The first kappa shape index (κ1) is 14.6. The zero-order valence-corrected chi connectivity index (χ0v) is 11.6. The van der Waals surface area contributed by atoms with Gasteiger partial charge in [0.25, 0.3) is 0 Å². The molecular formula is C13H22N2O3. The first-order valence-corrected chi connectivity index (χ1v) is 5.81. The molecule has 0 aliphatic heterocycles. The normalized spacial score (nSPS) is 13.9. The second kappa shape index (κ2) is 6.47. The van der Waals surface area contributed by atoms with Crippen molar-refractivity contribution < 1.29 is 14.2 Å². The summed E-state index contributed by atoms with van der Waals surface area (Å²) in [4.78, 5) is 0. The Balaban J connectivity index is 3.32. The summed E-state index contributed by atoms with van der Waals surface area (Å²) in [5.41, 5.74) is 6.93. The molecule has 3 N–H and O–H groups in total. The molecule has 0 spiro atoms. The van der Waals surface area contributed by atoms with Crippen LogP contribution in [0.5, 0.6) is 17.2 Å². The third-order valence-corrected chi connectivity index (χ3v) is 2.91.